The maximum Gasteiger partial charge on any atom is 0.262 e. The summed E-state index contributed by atoms with van der Waals surface area (Å²) in [6.07, 6.45) is 0. The SMILES string of the molecule is CC(C)Cn1c(SCc2ccc(Br)cc2)nc2ccccc2c1=O. The average Bonchev–Trinajstić information content (AvgIpc) is 2.57. The first-order valence-corrected chi connectivity index (χ1v) is 9.69. The summed E-state index contributed by atoms with van der Waals surface area (Å²) in [7, 11) is 0. The third kappa shape index (κ3) is 3.90. The maximum atomic E-state index is 12.8. The van der Waals surface area contributed by atoms with Crippen molar-refractivity contribution in [2.45, 2.75) is 31.3 Å². The van der Waals surface area contributed by atoms with Gasteiger partial charge in [0.05, 0.1) is 10.9 Å². The highest BCUT2D eigenvalue weighted by molar-refractivity contribution is 9.10. The van der Waals surface area contributed by atoms with Crippen LogP contribution in [0.1, 0.15) is 19.4 Å². The molecule has 0 spiro atoms. The maximum absolute atomic E-state index is 12.8. The molecule has 0 aliphatic heterocycles. The van der Waals surface area contributed by atoms with Crippen LogP contribution in [0.4, 0.5) is 0 Å². The topological polar surface area (TPSA) is 34.9 Å². The normalized spacial score (nSPS) is 11.3. The van der Waals surface area contributed by atoms with Crippen molar-refractivity contribution in [2.75, 3.05) is 0 Å². The van der Waals surface area contributed by atoms with Crippen LogP contribution >= 0.6 is 27.7 Å². The average molecular weight is 403 g/mol. The van der Waals surface area contributed by atoms with Gasteiger partial charge in [-0.3, -0.25) is 9.36 Å². The number of thioether (sulfide) groups is 1. The van der Waals surface area contributed by atoms with E-state index in [9.17, 15) is 4.79 Å². The lowest BCUT2D eigenvalue weighted by molar-refractivity contribution is 0.475. The molecule has 0 bridgehead atoms. The predicted octanol–water partition coefficient (Wildman–Crippen LogP) is 5.11. The van der Waals surface area contributed by atoms with Crippen LogP contribution in [-0.4, -0.2) is 9.55 Å². The molecule has 0 unspecified atom stereocenters. The largest absolute Gasteiger partial charge is 0.287 e. The van der Waals surface area contributed by atoms with Gasteiger partial charge in [-0.15, -0.1) is 0 Å². The van der Waals surface area contributed by atoms with E-state index in [4.69, 9.17) is 4.98 Å². The molecule has 3 aromatic rings. The Balaban J connectivity index is 1.98. The van der Waals surface area contributed by atoms with Crippen molar-refractivity contribution >= 4 is 38.6 Å². The van der Waals surface area contributed by atoms with E-state index in [0.717, 1.165) is 20.9 Å². The van der Waals surface area contributed by atoms with Crippen molar-refractivity contribution in [3.8, 4) is 0 Å². The molecule has 2 aromatic carbocycles. The number of halogens is 1. The molecule has 1 heterocycles. The van der Waals surface area contributed by atoms with Gasteiger partial charge in [-0.05, 0) is 35.7 Å². The Kier molecular flexibility index (Phi) is 5.41. The Labute approximate surface area is 154 Å². The molecule has 1 aromatic heterocycles. The van der Waals surface area contributed by atoms with Crippen molar-refractivity contribution < 1.29 is 0 Å². The van der Waals surface area contributed by atoms with Crippen LogP contribution in [0.25, 0.3) is 10.9 Å². The molecule has 0 aliphatic carbocycles. The molecule has 5 heteroatoms. The molecule has 124 valence electrons. The van der Waals surface area contributed by atoms with E-state index in [-0.39, 0.29) is 5.56 Å². The second-order valence-corrected chi connectivity index (χ2v) is 7.99. The minimum Gasteiger partial charge on any atom is -0.287 e. The molecular weight excluding hydrogens is 384 g/mol. The summed E-state index contributed by atoms with van der Waals surface area (Å²) < 4.78 is 2.88. The summed E-state index contributed by atoms with van der Waals surface area (Å²) in [5.74, 6) is 1.17. The zero-order valence-corrected chi connectivity index (χ0v) is 16.1. The second kappa shape index (κ2) is 7.53. The van der Waals surface area contributed by atoms with E-state index >= 15 is 0 Å². The monoisotopic (exact) mass is 402 g/mol. The van der Waals surface area contributed by atoms with Crippen LogP contribution in [0, 0.1) is 5.92 Å². The molecule has 24 heavy (non-hydrogen) atoms. The Bertz CT molecular complexity index is 903. The summed E-state index contributed by atoms with van der Waals surface area (Å²) in [5.41, 5.74) is 2.02. The van der Waals surface area contributed by atoms with Crippen molar-refractivity contribution in [1.29, 1.82) is 0 Å². The minimum atomic E-state index is 0.0487. The highest BCUT2D eigenvalue weighted by Crippen LogP contribution is 2.23. The van der Waals surface area contributed by atoms with Crippen LogP contribution in [0.5, 0.6) is 0 Å². The van der Waals surface area contributed by atoms with E-state index in [1.54, 1.807) is 11.8 Å². The second-order valence-electron chi connectivity index (χ2n) is 6.14. The van der Waals surface area contributed by atoms with Gasteiger partial charge in [-0.1, -0.05) is 65.8 Å². The van der Waals surface area contributed by atoms with Crippen LogP contribution in [-0.2, 0) is 12.3 Å². The van der Waals surface area contributed by atoms with Crippen molar-refractivity contribution in [3.63, 3.8) is 0 Å². The van der Waals surface area contributed by atoms with Crippen LogP contribution in [0.3, 0.4) is 0 Å². The molecule has 0 N–H and O–H groups in total. The highest BCUT2D eigenvalue weighted by atomic mass is 79.9. The summed E-state index contributed by atoms with van der Waals surface area (Å²) >= 11 is 5.07. The van der Waals surface area contributed by atoms with E-state index in [2.05, 4.69) is 41.9 Å². The lowest BCUT2D eigenvalue weighted by atomic mass is 10.2. The van der Waals surface area contributed by atoms with Crippen molar-refractivity contribution in [3.05, 3.63) is 68.9 Å². The molecule has 0 amide bonds. The number of para-hydroxylation sites is 1. The number of hydrogen-bond donors (Lipinski definition) is 0. The summed E-state index contributed by atoms with van der Waals surface area (Å²) in [4.78, 5) is 17.6. The van der Waals surface area contributed by atoms with Gasteiger partial charge in [0.15, 0.2) is 5.16 Å². The van der Waals surface area contributed by atoms with Crippen LogP contribution in [0.15, 0.2) is 63.0 Å². The molecule has 0 saturated heterocycles. The fraction of sp³-hybridized carbons (Fsp3) is 0.263. The fourth-order valence-electron chi connectivity index (χ4n) is 2.51. The Morgan fingerprint density at radius 3 is 2.54 bits per heavy atom. The lowest BCUT2D eigenvalue weighted by Gasteiger charge is -2.15. The molecule has 3 rings (SSSR count). The minimum absolute atomic E-state index is 0.0487. The van der Waals surface area contributed by atoms with Crippen LogP contribution in [0.2, 0.25) is 0 Å². The number of benzene rings is 2. The Morgan fingerprint density at radius 2 is 1.83 bits per heavy atom. The van der Waals surface area contributed by atoms with Gasteiger partial charge in [-0.25, -0.2) is 4.98 Å². The van der Waals surface area contributed by atoms with Gasteiger partial charge in [0, 0.05) is 16.8 Å². The number of hydrogen-bond acceptors (Lipinski definition) is 3. The number of rotatable bonds is 5. The Hall–Kier alpha value is -1.59. The molecule has 0 aliphatic rings. The molecule has 3 nitrogen and oxygen atoms in total. The zero-order valence-electron chi connectivity index (χ0n) is 13.7. The van der Waals surface area contributed by atoms with E-state index in [1.807, 2.05) is 41.0 Å². The van der Waals surface area contributed by atoms with Crippen molar-refractivity contribution in [1.82, 2.24) is 9.55 Å². The van der Waals surface area contributed by atoms with Gasteiger partial charge in [-0.2, -0.15) is 0 Å². The lowest BCUT2D eigenvalue weighted by Crippen LogP contribution is -2.25. The van der Waals surface area contributed by atoms with Gasteiger partial charge >= 0.3 is 0 Å². The first kappa shape index (κ1) is 17.2. The third-order valence-corrected chi connectivity index (χ3v) is 5.23. The number of fused-ring (bicyclic) bond motifs is 1. The molecule has 0 saturated carbocycles. The number of aromatic nitrogens is 2. The van der Waals surface area contributed by atoms with E-state index in [1.165, 1.54) is 5.56 Å². The first-order chi connectivity index (χ1) is 11.5. The van der Waals surface area contributed by atoms with E-state index < -0.39 is 0 Å². The summed E-state index contributed by atoms with van der Waals surface area (Å²) in [5, 5.41) is 1.47. The van der Waals surface area contributed by atoms with Gasteiger partial charge < -0.3 is 0 Å². The Morgan fingerprint density at radius 1 is 1.12 bits per heavy atom. The third-order valence-electron chi connectivity index (χ3n) is 3.66. The molecule has 0 atom stereocenters. The van der Waals surface area contributed by atoms with Gasteiger partial charge in [0.1, 0.15) is 0 Å². The molecular formula is C19H19BrN2OS. The highest BCUT2D eigenvalue weighted by Gasteiger charge is 2.12. The zero-order chi connectivity index (χ0) is 17.1. The fourth-order valence-corrected chi connectivity index (χ4v) is 3.74. The number of nitrogens with zero attached hydrogens (tertiary/aromatic N) is 2. The summed E-state index contributed by atoms with van der Waals surface area (Å²) in [6, 6.07) is 15.8. The standard InChI is InChI=1S/C19H19BrN2OS/c1-13(2)11-22-18(23)16-5-3-4-6-17(16)21-19(22)24-12-14-7-9-15(20)10-8-14/h3-10,13H,11-12H2,1-2H3. The van der Waals surface area contributed by atoms with Crippen molar-refractivity contribution in [2.24, 2.45) is 5.92 Å². The smallest absolute Gasteiger partial charge is 0.262 e. The predicted molar refractivity (Wildman–Crippen MR) is 105 cm³/mol. The molecule has 0 fully saturated rings. The van der Waals surface area contributed by atoms with Gasteiger partial charge in [0.25, 0.3) is 5.56 Å². The molecule has 0 radical (unpaired) electrons. The van der Waals surface area contributed by atoms with E-state index in [0.29, 0.717) is 17.8 Å². The summed E-state index contributed by atoms with van der Waals surface area (Å²) in [6.45, 7) is 4.91. The first-order valence-electron chi connectivity index (χ1n) is 7.91. The van der Waals surface area contributed by atoms with Crippen LogP contribution < -0.4 is 5.56 Å². The van der Waals surface area contributed by atoms with Gasteiger partial charge in [0.2, 0.25) is 0 Å². The quantitative estimate of drug-likeness (QED) is 0.439.